The van der Waals surface area contributed by atoms with E-state index in [1.807, 2.05) is 0 Å². The molecule has 1 atom stereocenters. The van der Waals surface area contributed by atoms with Crippen molar-refractivity contribution in [2.75, 3.05) is 18.9 Å². The fourth-order valence-corrected chi connectivity index (χ4v) is 4.04. The van der Waals surface area contributed by atoms with Gasteiger partial charge in [-0.2, -0.15) is 0 Å². The molecule has 0 saturated carbocycles. The summed E-state index contributed by atoms with van der Waals surface area (Å²) in [5, 5.41) is 12.0. The van der Waals surface area contributed by atoms with E-state index in [0.29, 0.717) is 42.5 Å². The summed E-state index contributed by atoms with van der Waals surface area (Å²) in [5.74, 6) is 0.997. The molecule has 1 aromatic carbocycles. The first kappa shape index (κ1) is 20.5. The summed E-state index contributed by atoms with van der Waals surface area (Å²) in [6, 6.07) is 6.57. The molecule has 2 heterocycles. The Balaban J connectivity index is 1.72. The zero-order valence-electron chi connectivity index (χ0n) is 15.8. The number of thioether (sulfide) groups is 1. The second-order valence-electron chi connectivity index (χ2n) is 6.56. The van der Waals surface area contributed by atoms with Gasteiger partial charge in [0.15, 0.2) is 5.16 Å². The van der Waals surface area contributed by atoms with Crippen molar-refractivity contribution in [3.63, 3.8) is 0 Å². The largest absolute Gasteiger partial charge is 0.377 e. The van der Waals surface area contributed by atoms with E-state index in [4.69, 9.17) is 4.74 Å². The van der Waals surface area contributed by atoms with E-state index >= 15 is 0 Å². The average Bonchev–Trinajstić information content (AvgIpc) is 3.35. The Morgan fingerprint density at radius 2 is 2.29 bits per heavy atom. The van der Waals surface area contributed by atoms with Crippen LogP contribution in [0.1, 0.15) is 31.5 Å². The first-order valence-electron chi connectivity index (χ1n) is 9.50. The molecule has 1 N–H and O–H groups in total. The zero-order valence-corrected chi connectivity index (χ0v) is 16.6. The fraction of sp³-hybridized carbons (Fsp3) is 0.450. The maximum Gasteiger partial charge on any atom is 0.220 e. The lowest BCUT2D eigenvalue weighted by Crippen LogP contribution is -2.26. The number of rotatable bonds is 10. The summed E-state index contributed by atoms with van der Waals surface area (Å²) in [5.41, 5.74) is 0.412. The number of carbonyl (C=O) groups is 1. The summed E-state index contributed by atoms with van der Waals surface area (Å²) in [4.78, 5) is 11.8. The van der Waals surface area contributed by atoms with Crippen LogP contribution < -0.4 is 5.32 Å². The molecule has 1 aromatic heterocycles. The Hall–Kier alpha value is -2.19. The number of halogens is 1. The van der Waals surface area contributed by atoms with Gasteiger partial charge in [-0.15, -0.1) is 16.8 Å². The SMILES string of the molecule is C=CCCC(=O)NCCc1nnc(SC[C@H]2CCCO2)n1-c1ccccc1F. The quantitative estimate of drug-likeness (QED) is 0.486. The number of aromatic nitrogens is 3. The van der Waals surface area contributed by atoms with Gasteiger partial charge in [-0.05, 0) is 31.4 Å². The van der Waals surface area contributed by atoms with Crippen LogP contribution in [0.2, 0.25) is 0 Å². The Morgan fingerprint density at radius 3 is 3.04 bits per heavy atom. The van der Waals surface area contributed by atoms with Crippen LogP contribution in [0, 0.1) is 5.82 Å². The van der Waals surface area contributed by atoms with Gasteiger partial charge in [-0.3, -0.25) is 9.36 Å². The Kier molecular flexibility index (Phi) is 7.62. The number of allylic oxidation sites excluding steroid dienone is 1. The second-order valence-corrected chi connectivity index (χ2v) is 7.55. The van der Waals surface area contributed by atoms with E-state index < -0.39 is 0 Å². The molecule has 6 nitrogen and oxygen atoms in total. The molecule has 0 unspecified atom stereocenters. The first-order valence-corrected chi connectivity index (χ1v) is 10.5. The molecule has 0 spiro atoms. The molecule has 0 bridgehead atoms. The topological polar surface area (TPSA) is 69.0 Å². The van der Waals surface area contributed by atoms with Crippen LogP contribution in [0.15, 0.2) is 42.1 Å². The highest BCUT2D eigenvalue weighted by molar-refractivity contribution is 7.99. The smallest absolute Gasteiger partial charge is 0.220 e. The maximum atomic E-state index is 14.5. The standard InChI is InChI=1S/C20H25FN4O2S/c1-2-3-10-19(26)22-12-11-18-23-24-20(28-14-15-7-6-13-27-15)25(18)17-9-5-4-8-16(17)21/h2,4-5,8-9,15H,1,3,6-7,10-14H2,(H,22,26)/t15-/m1/s1. The van der Waals surface area contributed by atoms with Crippen LogP contribution in [0.5, 0.6) is 0 Å². The molecule has 0 radical (unpaired) electrons. The van der Waals surface area contributed by atoms with Crippen molar-refractivity contribution in [3.8, 4) is 5.69 Å². The van der Waals surface area contributed by atoms with Gasteiger partial charge in [0.25, 0.3) is 0 Å². The Labute approximate surface area is 168 Å². The van der Waals surface area contributed by atoms with Crippen molar-refractivity contribution in [3.05, 3.63) is 48.6 Å². The number of nitrogens with one attached hydrogen (secondary N) is 1. The minimum atomic E-state index is -0.336. The molecule has 1 aliphatic heterocycles. The number of nitrogens with zero attached hydrogens (tertiary/aromatic N) is 3. The summed E-state index contributed by atoms with van der Waals surface area (Å²) in [6.45, 7) is 4.82. The van der Waals surface area contributed by atoms with E-state index in [1.54, 1.807) is 28.8 Å². The molecule has 1 fully saturated rings. The predicted octanol–water partition coefficient (Wildman–Crippen LogP) is 3.30. The highest BCUT2D eigenvalue weighted by Gasteiger charge is 2.21. The predicted molar refractivity (Wildman–Crippen MR) is 107 cm³/mol. The Bertz CT molecular complexity index is 805. The van der Waals surface area contributed by atoms with Gasteiger partial charge in [-0.25, -0.2) is 4.39 Å². The number of hydrogen-bond donors (Lipinski definition) is 1. The maximum absolute atomic E-state index is 14.5. The van der Waals surface area contributed by atoms with Crippen LogP contribution in [0.3, 0.4) is 0 Å². The number of amides is 1. The van der Waals surface area contributed by atoms with Crippen molar-refractivity contribution in [1.29, 1.82) is 0 Å². The number of benzene rings is 1. The number of ether oxygens (including phenoxy) is 1. The molecule has 8 heteroatoms. The summed E-state index contributed by atoms with van der Waals surface area (Å²) >= 11 is 1.52. The molecule has 1 saturated heterocycles. The van der Waals surface area contributed by atoms with Crippen LogP contribution in [0.25, 0.3) is 5.69 Å². The number of para-hydroxylation sites is 1. The van der Waals surface area contributed by atoms with E-state index in [-0.39, 0.29) is 17.8 Å². The van der Waals surface area contributed by atoms with E-state index in [0.717, 1.165) is 25.2 Å². The van der Waals surface area contributed by atoms with Gasteiger partial charge in [-0.1, -0.05) is 30.0 Å². The van der Waals surface area contributed by atoms with Crippen LogP contribution >= 0.6 is 11.8 Å². The normalized spacial score (nSPS) is 16.2. The van der Waals surface area contributed by atoms with E-state index in [9.17, 15) is 9.18 Å². The Morgan fingerprint density at radius 1 is 1.43 bits per heavy atom. The third-order valence-corrected chi connectivity index (χ3v) is 5.52. The van der Waals surface area contributed by atoms with E-state index in [1.165, 1.54) is 17.8 Å². The molecule has 1 amide bonds. The molecule has 28 heavy (non-hydrogen) atoms. The van der Waals surface area contributed by atoms with Gasteiger partial charge in [0.2, 0.25) is 5.91 Å². The summed E-state index contributed by atoms with van der Waals surface area (Å²) in [7, 11) is 0. The molecule has 1 aliphatic rings. The zero-order chi connectivity index (χ0) is 19.8. The molecule has 0 aliphatic carbocycles. The van der Waals surface area contributed by atoms with Gasteiger partial charge in [0.1, 0.15) is 11.6 Å². The van der Waals surface area contributed by atoms with Gasteiger partial charge in [0.05, 0.1) is 11.8 Å². The summed E-state index contributed by atoms with van der Waals surface area (Å²) in [6.07, 6.45) is 5.52. The van der Waals surface area contributed by atoms with Crippen LogP contribution in [0.4, 0.5) is 4.39 Å². The monoisotopic (exact) mass is 404 g/mol. The number of carbonyl (C=O) groups excluding carboxylic acids is 1. The third kappa shape index (κ3) is 5.42. The van der Waals surface area contributed by atoms with Crippen molar-refractivity contribution in [2.45, 2.75) is 43.4 Å². The minimum absolute atomic E-state index is 0.0372. The lowest BCUT2D eigenvalue weighted by atomic mass is 10.2. The first-order chi connectivity index (χ1) is 13.7. The average molecular weight is 405 g/mol. The number of hydrogen-bond acceptors (Lipinski definition) is 5. The molecule has 2 aromatic rings. The minimum Gasteiger partial charge on any atom is -0.377 e. The van der Waals surface area contributed by atoms with Gasteiger partial charge >= 0.3 is 0 Å². The van der Waals surface area contributed by atoms with Crippen LogP contribution in [-0.2, 0) is 16.0 Å². The summed E-state index contributed by atoms with van der Waals surface area (Å²) < 4.78 is 21.9. The fourth-order valence-electron chi connectivity index (χ4n) is 3.01. The van der Waals surface area contributed by atoms with Gasteiger partial charge < -0.3 is 10.1 Å². The van der Waals surface area contributed by atoms with Crippen molar-refractivity contribution in [1.82, 2.24) is 20.1 Å². The van der Waals surface area contributed by atoms with Crippen molar-refractivity contribution >= 4 is 17.7 Å². The molecule has 150 valence electrons. The van der Waals surface area contributed by atoms with E-state index in [2.05, 4.69) is 22.1 Å². The van der Waals surface area contributed by atoms with Crippen LogP contribution in [-0.4, -0.2) is 45.7 Å². The van der Waals surface area contributed by atoms with Crippen molar-refractivity contribution < 1.29 is 13.9 Å². The lowest BCUT2D eigenvalue weighted by molar-refractivity contribution is -0.120. The molecular weight excluding hydrogens is 379 g/mol. The van der Waals surface area contributed by atoms with Gasteiger partial charge in [0, 0.05) is 31.7 Å². The lowest BCUT2D eigenvalue weighted by Gasteiger charge is -2.13. The molecule has 3 rings (SSSR count). The highest BCUT2D eigenvalue weighted by Crippen LogP contribution is 2.27. The second kappa shape index (κ2) is 10.4. The third-order valence-electron chi connectivity index (χ3n) is 4.46. The highest BCUT2D eigenvalue weighted by atomic mass is 32.2. The molecular formula is C20H25FN4O2S. The van der Waals surface area contributed by atoms with Crippen molar-refractivity contribution in [2.24, 2.45) is 0 Å².